The lowest BCUT2D eigenvalue weighted by Gasteiger charge is -2.14. The predicted molar refractivity (Wildman–Crippen MR) is 134 cm³/mol. The molecule has 4 aromatic rings. The van der Waals surface area contributed by atoms with Gasteiger partial charge in [-0.2, -0.15) is 5.10 Å². The lowest BCUT2D eigenvalue weighted by molar-refractivity contribution is 0.0938. The number of nitrogens with zero attached hydrogens (tertiary/aromatic N) is 2. The molecule has 10 nitrogen and oxygen atoms in total. The van der Waals surface area contributed by atoms with E-state index in [1.165, 1.54) is 13.2 Å². The van der Waals surface area contributed by atoms with Gasteiger partial charge in [-0.25, -0.2) is 26.6 Å². The van der Waals surface area contributed by atoms with E-state index in [1.807, 2.05) is 4.72 Å². The standard InChI is InChI=1S/C23H20ClF3N6O4S/c1-10(8-28)30-22(34)21-13-4-3-12(18(26)20(13)31-32-21)17-14(25)5-6-15(19(17)27)33-38(35,36)16-7-11(24)9-29-23(16)37-2/h3-7,9-10,33H,8,28H2,1-2H3,(H,30,34)(H,31,32). The maximum Gasteiger partial charge on any atom is 0.270 e. The van der Waals surface area contributed by atoms with Crippen molar-refractivity contribution in [1.29, 1.82) is 0 Å². The number of H-pyrrole nitrogens is 1. The fraction of sp³-hybridized carbons (Fsp3) is 0.174. The summed E-state index contributed by atoms with van der Waals surface area (Å²) in [5.41, 5.74) is 2.99. The minimum Gasteiger partial charge on any atom is -0.480 e. The van der Waals surface area contributed by atoms with Crippen LogP contribution in [0.4, 0.5) is 18.9 Å². The topological polar surface area (TPSA) is 152 Å². The Morgan fingerprint density at radius 1 is 1.21 bits per heavy atom. The van der Waals surface area contributed by atoms with Gasteiger partial charge in [-0.15, -0.1) is 0 Å². The molecule has 0 fully saturated rings. The Kier molecular flexibility index (Phi) is 7.49. The summed E-state index contributed by atoms with van der Waals surface area (Å²) in [7, 11) is -3.35. The Bertz CT molecular complexity index is 1660. The van der Waals surface area contributed by atoms with Gasteiger partial charge in [0.15, 0.2) is 16.5 Å². The fourth-order valence-electron chi connectivity index (χ4n) is 3.60. The third kappa shape index (κ3) is 4.97. The van der Waals surface area contributed by atoms with Crippen LogP contribution >= 0.6 is 11.6 Å². The number of ether oxygens (including phenoxy) is 1. The minimum absolute atomic E-state index is 0.0358. The molecule has 0 aliphatic carbocycles. The van der Waals surface area contributed by atoms with Gasteiger partial charge in [0.1, 0.15) is 17.0 Å². The second kappa shape index (κ2) is 10.5. The number of pyridine rings is 1. The van der Waals surface area contributed by atoms with Gasteiger partial charge in [0.05, 0.1) is 23.4 Å². The first kappa shape index (κ1) is 27.2. The van der Waals surface area contributed by atoms with Crippen LogP contribution in [-0.4, -0.2) is 49.2 Å². The first-order valence-corrected chi connectivity index (χ1v) is 12.7. The number of methoxy groups -OCH3 is 1. The number of hydrogen-bond acceptors (Lipinski definition) is 7. The summed E-state index contributed by atoms with van der Waals surface area (Å²) in [5, 5.41) is 8.83. The van der Waals surface area contributed by atoms with Crippen LogP contribution in [-0.2, 0) is 10.0 Å². The van der Waals surface area contributed by atoms with Crippen molar-refractivity contribution in [1.82, 2.24) is 20.5 Å². The molecule has 0 aliphatic rings. The highest BCUT2D eigenvalue weighted by Gasteiger charge is 2.27. The number of halogens is 4. The van der Waals surface area contributed by atoms with E-state index in [2.05, 4.69) is 20.5 Å². The highest BCUT2D eigenvalue weighted by atomic mass is 35.5. The zero-order valence-corrected chi connectivity index (χ0v) is 21.3. The number of anilines is 1. The summed E-state index contributed by atoms with van der Waals surface area (Å²) < 4.78 is 78.6. The van der Waals surface area contributed by atoms with Crippen LogP contribution in [0.1, 0.15) is 17.4 Å². The number of carbonyl (C=O) groups is 1. The zero-order chi connectivity index (χ0) is 27.8. The fourth-order valence-corrected chi connectivity index (χ4v) is 5.03. The van der Waals surface area contributed by atoms with Crippen LogP contribution in [0.3, 0.4) is 0 Å². The second-order valence-electron chi connectivity index (χ2n) is 8.08. The molecule has 200 valence electrons. The smallest absolute Gasteiger partial charge is 0.270 e. The van der Waals surface area contributed by atoms with Gasteiger partial charge in [-0.3, -0.25) is 14.6 Å². The average molecular weight is 569 g/mol. The molecule has 1 amide bonds. The van der Waals surface area contributed by atoms with E-state index >= 15 is 8.78 Å². The Hall–Kier alpha value is -3.88. The molecule has 0 aliphatic heterocycles. The predicted octanol–water partition coefficient (Wildman–Crippen LogP) is 3.58. The van der Waals surface area contributed by atoms with Gasteiger partial charge < -0.3 is 15.8 Å². The molecule has 0 radical (unpaired) electrons. The van der Waals surface area contributed by atoms with Crippen LogP contribution in [0.25, 0.3) is 22.0 Å². The van der Waals surface area contributed by atoms with Gasteiger partial charge in [0, 0.05) is 29.7 Å². The molecule has 0 bridgehead atoms. The molecule has 0 saturated heterocycles. The van der Waals surface area contributed by atoms with E-state index in [0.717, 1.165) is 30.5 Å². The Balaban J connectivity index is 1.77. The molecule has 1 unspecified atom stereocenters. The largest absolute Gasteiger partial charge is 0.480 e. The van der Waals surface area contributed by atoms with E-state index in [1.54, 1.807) is 6.92 Å². The Morgan fingerprint density at radius 2 is 1.95 bits per heavy atom. The van der Waals surface area contributed by atoms with Gasteiger partial charge in [0.25, 0.3) is 15.9 Å². The molecular weight excluding hydrogens is 549 g/mol. The third-order valence-electron chi connectivity index (χ3n) is 5.50. The number of amides is 1. The van der Waals surface area contributed by atoms with Crippen LogP contribution in [0.15, 0.2) is 41.4 Å². The molecule has 2 heterocycles. The summed E-state index contributed by atoms with van der Waals surface area (Å²) in [4.78, 5) is 15.7. The van der Waals surface area contributed by atoms with Gasteiger partial charge in [0.2, 0.25) is 5.88 Å². The number of benzene rings is 2. The normalized spacial score (nSPS) is 12.4. The SMILES string of the molecule is COc1ncc(Cl)cc1S(=O)(=O)Nc1ccc(F)c(-c2ccc3c(C(=O)NC(C)CN)[nH]nc3c2F)c1F. The molecule has 1 atom stereocenters. The molecule has 38 heavy (non-hydrogen) atoms. The van der Waals surface area contributed by atoms with Crippen molar-refractivity contribution in [2.45, 2.75) is 17.9 Å². The molecule has 0 spiro atoms. The minimum atomic E-state index is -4.52. The number of rotatable bonds is 8. The highest BCUT2D eigenvalue weighted by Crippen LogP contribution is 2.36. The Morgan fingerprint density at radius 3 is 2.63 bits per heavy atom. The van der Waals surface area contributed by atoms with Crippen molar-refractivity contribution < 1.29 is 31.1 Å². The number of aromatic amines is 1. The van der Waals surface area contributed by atoms with E-state index in [9.17, 15) is 17.6 Å². The average Bonchev–Trinajstić information content (AvgIpc) is 3.32. The van der Waals surface area contributed by atoms with Crippen LogP contribution in [0.5, 0.6) is 5.88 Å². The maximum atomic E-state index is 15.5. The van der Waals surface area contributed by atoms with Crippen LogP contribution in [0, 0.1) is 17.5 Å². The van der Waals surface area contributed by atoms with Gasteiger partial charge in [-0.1, -0.05) is 17.7 Å². The lowest BCUT2D eigenvalue weighted by Crippen LogP contribution is -2.38. The van der Waals surface area contributed by atoms with E-state index < -0.39 is 55.1 Å². The number of aromatic nitrogens is 3. The number of nitrogens with two attached hydrogens (primary N) is 1. The molecule has 2 aromatic carbocycles. The van der Waals surface area contributed by atoms with E-state index in [4.69, 9.17) is 22.1 Å². The third-order valence-corrected chi connectivity index (χ3v) is 7.06. The van der Waals surface area contributed by atoms with Crippen molar-refractivity contribution in [3.05, 3.63) is 64.7 Å². The molecular formula is C23H20ClF3N6O4S. The van der Waals surface area contributed by atoms with E-state index in [-0.39, 0.29) is 40.1 Å². The molecule has 2 aromatic heterocycles. The van der Waals surface area contributed by atoms with Crippen molar-refractivity contribution in [2.24, 2.45) is 5.73 Å². The number of fused-ring (bicyclic) bond motifs is 1. The zero-order valence-electron chi connectivity index (χ0n) is 19.8. The van der Waals surface area contributed by atoms with Gasteiger partial charge in [-0.05, 0) is 31.2 Å². The highest BCUT2D eigenvalue weighted by molar-refractivity contribution is 7.92. The number of sulfonamides is 1. The first-order chi connectivity index (χ1) is 18.0. The Labute approximate surface area is 219 Å². The summed E-state index contributed by atoms with van der Waals surface area (Å²) in [6.07, 6.45) is 1.15. The van der Waals surface area contributed by atoms with E-state index in [0.29, 0.717) is 0 Å². The van der Waals surface area contributed by atoms with Crippen molar-refractivity contribution in [2.75, 3.05) is 18.4 Å². The lowest BCUT2D eigenvalue weighted by atomic mass is 10.0. The van der Waals surface area contributed by atoms with Crippen LogP contribution in [0.2, 0.25) is 5.02 Å². The summed E-state index contributed by atoms with van der Waals surface area (Å²) in [6.45, 7) is 1.83. The summed E-state index contributed by atoms with van der Waals surface area (Å²) >= 11 is 5.84. The van der Waals surface area contributed by atoms with Crippen molar-refractivity contribution in [3.8, 4) is 17.0 Å². The van der Waals surface area contributed by atoms with Crippen molar-refractivity contribution >= 4 is 44.1 Å². The van der Waals surface area contributed by atoms with Crippen LogP contribution < -0.4 is 20.5 Å². The summed E-state index contributed by atoms with van der Waals surface area (Å²) in [5.74, 6) is -4.62. The molecule has 5 N–H and O–H groups in total. The molecule has 15 heteroatoms. The first-order valence-electron chi connectivity index (χ1n) is 10.9. The summed E-state index contributed by atoms with van der Waals surface area (Å²) in [6, 6.07) is 4.58. The van der Waals surface area contributed by atoms with Gasteiger partial charge >= 0.3 is 0 Å². The van der Waals surface area contributed by atoms with Crippen molar-refractivity contribution in [3.63, 3.8) is 0 Å². The maximum absolute atomic E-state index is 15.5. The monoisotopic (exact) mass is 568 g/mol. The number of hydrogen-bond donors (Lipinski definition) is 4. The molecule has 4 rings (SSSR count). The second-order valence-corrected chi connectivity index (χ2v) is 10.2. The molecule has 0 saturated carbocycles. The quantitative estimate of drug-likeness (QED) is 0.253. The number of carbonyl (C=O) groups excluding carboxylic acids is 1. The number of nitrogens with one attached hydrogen (secondary N) is 3.